The van der Waals surface area contributed by atoms with Crippen molar-refractivity contribution in [2.24, 2.45) is 4.99 Å². The Hall–Kier alpha value is -5.21. The average molecular weight is 701 g/mol. The van der Waals surface area contributed by atoms with Gasteiger partial charge in [-0.2, -0.15) is 0 Å². The van der Waals surface area contributed by atoms with Gasteiger partial charge < -0.3 is 23.7 Å². The van der Waals surface area contributed by atoms with E-state index in [4.69, 9.17) is 23.7 Å². The van der Waals surface area contributed by atoms with Crippen molar-refractivity contribution in [3.63, 3.8) is 0 Å². The molecule has 0 heterocycles. The Labute approximate surface area is 292 Å². The number of nitrogens with zero attached hydrogens (tertiary/aromatic N) is 4. The van der Waals surface area contributed by atoms with Gasteiger partial charge in [0.2, 0.25) is 5.96 Å². The van der Waals surface area contributed by atoms with Crippen molar-refractivity contribution in [3.05, 3.63) is 69.8 Å². The van der Waals surface area contributed by atoms with Crippen LogP contribution in [0.3, 0.4) is 0 Å². The number of imide groups is 1. The molecule has 15 heteroatoms. The van der Waals surface area contributed by atoms with Crippen LogP contribution in [0.4, 0.5) is 24.9 Å². The Balaban J connectivity index is 2.66. The first-order chi connectivity index (χ1) is 22.7. The van der Waals surface area contributed by atoms with Crippen LogP contribution >= 0.6 is 0 Å². The van der Waals surface area contributed by atoms with Crippen LogP contribution < -0.4 is 4.74 Å². The van der Waals surface area contributed by atoms with Gasteiger partial charge in [0.15, 0.2) is 0 Å². The minimum absolute atomic E-state index is 0.0402. The van der Waals surface area contributed by atoms with Crippen LogP contribution in [0.15, 0.2) is 53.5 Å². The highest BCUT2D eigenvalue weighted by Crippen LogP contribution is 2.23. The highest BCUT2D eigenvalue weighted by atomic mass is 16.6. The average Bonchev–Trinajstić information content (AvgIpc) is 2.91. The van der Waals surface area contributed by atoms with Crippen LogP contribution in [0, 0.1) is 10.1 Å². The van der Waals surface area contributed by atoms with Crippen LogP contribution in [-0.2, 0) is 32.1 Å². The number of nitro groups is 1. The Kier molecular flexibility index (Phi) is 13.1. The summed E-state index contributed by atoms with van der Waals surface area (Å²) in [6.07, 6.45) is -4.86. The van der Waals surface area contributed by atoms with E-state index in [1.807, 2.05) is 0 Å². The van der Waals surface area contributed by atoms with Gasteiger partial charge in [0.05, 0.1) is 11.5 Å². The zero-order chi connectivity index (χ0) is 38.2. The molecule has 2 aromatic rings. The number of rotatable bonds is 6. The molecule has 0 aliphatic heterocycles. The van der Waals surface area contributed by atoms with E-state index in [9.17, 15) is 29.3 Å². The number of carbonyl (C=O) groups excluding carboxylic acids is 4. The lowest BCUT2D eigenvalue weighted by molar-refractivity contribution is -0.384. The van der Waals surface area contributed by atoms with Gasteiger partial charge >= 0.3 is 24.4 Å². The first-order valence-corrected chi connectivity index (χ1v) is 15.8. The molecule has 0 fully saturated rings. The van der Waals surface area contributed by atoms with E-state index < -0.39 is 57.7 Å². The predicted molar refractivity (Wildman–Crippen MR) is 184 cm³/mol. The Morgan fingerprint density at radius 3 is 1.62 bits per heavy atom. The van der Waals surface area contributed by atoms with Crippen LogP contribution in [0.2, 0.25) is 0 Å². The largest absolute Gasteiger partial charge is 0.489 e. The van der Waals surface area contributed by atoms with Crippen LogP contribution in [0.5, 0.6) is 5.75 Å². The maximum absolute atomic E-state index is 13.9. The lowest BCUT2D eigenvalue weighted by Crippen LogP contribution is -2.55. The molecule has 274 valence electrons. The zero-order valence-electron chi connectivity index (χ0n) is 30.8. The van der Waals surface area contributed by atoms with Gasteiger partial charge in [-0.05, 0) is 106 Å². The number of hydrogen-bond donors (Lipinski definition) is 0. The Morgan fingerprint density at radius 1 is 0.680 bits per heavy atom. The molecule has 0 bridgehead atoms. The molecule has 2 aromatic carbocycles. The topological polar surface area (TPSA) is 176 Å². The number of benzene rings is 2. The molecule has 0 radical (unpaired) electrons. The van der Waals surface area contributed by atoms with Gasteiger partial charge in [-0.3, -0.25) is 10.1 Å². The highest BCUT2D eigenvalue weighted by Gasteiger charge is 2.41. The van der Waals surface area contributed by atoms with Crippen LogP contribution in [0.1, 0.15) is 94.2 Å². The molecule has 0 saturated heterocycles. The number of non-ortho nitro benzene ring substituents is 1. The lowest BCUT2D eigenvalue weighted by atomic mass is 10.2. The summed E-state index contributed by atoms with van der Waals surface area (Å²) in [6.45, 7) is 18.7. The molecule has 0 spiro atoms. The number of carbonyl (C=O) groups is 4. The van der Waals surface area contributed by atoms with Gasteiger partial charge in [-0.1, -0.05) is 24.3 Å². The summed E-state index contributed by atoms with van der Waals surface area (Å²) in [7, 11) is 0. The fraction of sp³-hybridized carbons (Fsp3) is 0.514. The van der Waals surface area contributed by atoms with Gasteiger partial charge in [-0.15, -0.1) is 9.89 Å². The van der Waals surface area contributed by atoms with Crippen molar-refractivity contribution < 1.29 is 47.8 Å². The maximum Gasteiger partial charge on any atom is 0.437 e. The normalized spacial score (nSPS) is 12.4. The molecule has 50 heavy (non-hydrogen) atoms. The Bertz CT molecular complexity index is 1550. The molecule has 0 aliphatic carbocycles. The molecule has 2 rings (SSSR count). The predicted octanol–water partition coefficient (Wildman–Crippen LogP) is 8.37. The summed E-state index contributed by atoms with van der Waals surface area (Å²) < 4.78 is 27.8. The molecular formula is C35H48N4O11. The molecule has 0 N–H and O–H groups in total. The van der Waals surface area contributed by atoms with Crippen molar-refractivity contribution in [2.75, 3.05) is 0 Å². The standard InChI is InChI=1S/C35H48N4O11/c1-32(2,3)47-28(40)36-27(38(30(42)49-34(7,8)9)31(43)50-35(10,11)12)37(29(41)48-33(4,5)6)21-23-16-18-26(19-17-23)46-22-24-14-13-15-25(20-24)39(44)45/h13-20H,21-22H2,1-12H3. The SMILES string of the molecule is CC(C)(C)OC(=O)N=C(N(Cc1ccc(OCc2cccc([N+](=O)[O-])c2)cc1)C(=O)OC(C)(C)C)N(C(=O)OC(C)(C)C)C(=O)OC(C)(C)C. The molecule has 15 nitrogen and oxygen atoms in total. The van der Waals surface area contributed by atoms with Crippen molar-refractivity contribution >= 4 is 36.0 Å². The third kappa shape index (κ3) is 14.5. The fourth-order valence-corrected chi connectivity index (χ4v) is 3.78. The summed E-state index contributed by atoms with van der Waals surface area (Å²) in [5.41, 5.74) is -3.39. The highest BCUT2D eigenvalue weighted by molar-refractivity contribution is 6.13. The van der Waals surface area contributed by atoms with E-state index in [1.54, 1.807) is 119 Å². The van der Waals surface area contributed by atoms with E-state index in [-0.39, 0.29) is 18.8 Å². The van der Waals surface area contributed by atoms with Gasteiger partial charge in [0, 0.05) is 12.1 Å². The van der Waals surface area contributed by atoms with Crippen molar-refractivity contribution in [1.82, 2.24) is 9.80 Å². The van der Waals surface area contributed by atoms with E-state index in [2.05, 4.69) is 4.99 Å². The summed E-state index contributed by atoms with van der Waals surface area (Å²) >= 11 is 0. The van der Waals surface area contributed by atoms with Crippen molar-refractivity contribution in [1.29, 1.82) is 0 Å². The van der Waals surface area contributed by atoms with E-state index in [1.165, 1.54) is 12.1 Å². The zero-order valence-corrected chi connectivity index (χ0v) is 30.8. The van der Waals surface area contributed by atoms with E-state index in [0.29, 0.717) is 21.8 Å². The summed E-state index contributed by atoms with van der Waals surface area (Å²) in [4.78, 5) is 70.1. The fourth-order valence-electron chi connectivity index (χ4n) is 3.78. The number of amides is 4. The second-order valence-corrected chi connectivity index (χ2v) is 15.1. The van der Waals surface area contributed by atoms with Gasteiger partial charge in [0.25, 0.3) is 5.69 Å². The first-order valence-electron chi connectivity index (χ1n) is 15.8. The lowest BCUT2D eigenvalue weighted by Gasteiger charge is -2.33. The van der Waals surface area contributed by atoms with Crippen LogP contribution in [0.25, 0.3) is 0 Å². The number of nitro benzene ring substituents is 1. The minimum atomic E-state index is -1.28. The summed E-state index contributed by atoms with van der Waals surface area (Å²) in [5, 5.41) is 11.1. The monoisotopic (exact) mass is 700 g/mol. The smallest absolute Gasteiger partial charge is 0.437 e. The number of aliphatic imine (C=N–C) groups is 1. The quantitative estimate of drug-likeness (QED) is 0.0930. The van der Waals surface area contributed by atoms with Gasteiger partial charge in [0.1, 0.15) is 34.8 Å². The number of hydrogen-bond acceptors (Lipinski definition) is 11. The second-order valence-electron chi connectivity index (χ2n) is 15.1. The molecule has 0 atom stereocenters. The third-order valence-corrected chi connectivity index (χ3v) is 5.58. The Morgan fingerprint density at radius 2 is 1.16 bits per heavy atom. The summed E-state index contributed by atoms with van der Waals surface area (Å²) in [5.74, 6) is -0.390. The number of ether oxygens (including phenoxy) is 5. The molecular weight excluding hydrogens is 652 g/mol. The minimum Gasteiger partial charge on any atom is -0.489 e. The summed E-state index contributed by atoms with van der Waals surface area (Å²) in [6, 6.07) is 12.4. The molecule has 0 aliphatic rings. The molecule has 0 unspecified atom stereocenters. The first kappa shape index (κ1) is 41.0. The van der Waals surface area contributed by atoms with Crippen molar-refractivity contribution in [3.8, 4) is 5.75 Å². The van der Waals surface area contributed by atoms with E-state index >= 15 is 0 Å². The van der Waals surface area contributed by atoms with Gasteiger partial charge in [-0.25, -0.2) is 24.1 Å². The second kappa shape index (κ2) is 16.0. The maximum atomic E-state index is 13.9. The van der Waals surface area contributed by atoms with E-state index in [0.717, 1.165) is 4.90 Å². The third-order valence-electron chi connectivity index (χ3n) is 5.58. The molecule has 0 saturated carbocycles. The van der Waals surface area contributed by atoms with Crippen molar-refractivity contribution in [2.45, 2.75) is 119 Å². The molecule has 4 amide bonds. The number of guanidine groups is 1. The van der Waals surface area contributed by atoms with Crippen LogP contribution in [-0.4, -0.2) is 67.5 Å². The molecule has 0 aromatic heterocycles.